The van der Waals surface area contributed by atoms with Crippen molar-refractivity contribution in [3.05, 3.63) is 126 Å². The molecule has 0 radical (unpaired) electrons. The number of hydrogen-bond donors (Lipinski definition) is 3. The second kappa shape index (κ2) is 11.0. The van der Waals surface area contributed by atoms with Crippen LogP contribution in [0.5, 0.6) is 5.75 Å². The molecule has 0 saturated carbocycles. The number of alkyl carbamates (subject to hydrolysis) is 1. The van der Waals surface area contributed by atoms with Crippen LogP contribution in [0.1, 0.15) is 28.2 Å². The van der Waals surface area contributed by atoms with Crippen molar-refractivity contribution in [2.75, 3.05) is 6.61 Å². The van der Waals surface area contributed by atoms with Gasteiger partial charge < -0.3 is 24.9 Å². The predicted octanol–water partition coefficient (Wildman–Crippen LogP) is 6.28. The maximum absolute atomic E-state index is 12.8. The molecule has 7 nitrogen and oxygen atoms in total. The predicted molar refractivity (Wildman–Crippen MR) is 152 cm³/mol. The topological polar surface area (TPSA) is 101 Å². The van der Waals surface area contributed by atoms with Gasteiger partial charge in [0.05, 0.1) is 0 Å². The van der Waals surface area contributed by atoms with E-state index in [1.54, 1.807) is 6.20 Å². The van der Waals surface area contributed by atoms with Crippen molar-refractivity contribution in [3.8, 4) is 16.9 Å². The van der Waals surface area contributed by atoms with Crippen LogP contribution < -0.4 is 10.1 Å². The Labute approximate surface area is 231 Å². The fraction of sp³-hybridized carbons (Fsp3) is 0.152. The van der Waals surface area contributed by atoms with E-state index in [4.69, 9.17) is 9.47 Å². The lowest BCUT2D eigenvalue weighted by Gasteiger charge is -2.17. The molecule has 1 aromatic heterocycles. The third-order valence-corrected chi connectivity index (χ3v) is 7.35. The van der Waals surface area contributed by atoms with Gasteiger partial charge in [0.2, 0.25) is 0 Å². The molecule has 4 aromatic carbocycles. The number of aliphatic carboxylic acids is 1. The minimum atomic E-state index is -1.16. The Bertz CT molecular complexity index is 1630. The van der Waals surface area contributed by atoms with E-state index in [9.17, 15) is 14.7 Å². The van der Waals surface area contributed by atoms with Crippen LogP contribution in [0.2, 0.25) is 0 Å². The number of aromatic amines is 1. The molecule has 0 spiro atoms. The minimum absolute atomic E-state index is 0.0850. The molecule has 1 heterocycles. The van der Waals surface area contributed by atoms with Gasteiger partial charge in [0.25, 0.3) is 0 Å². The smallest absolute Gasteiger partial charge is 0.407 e. The third kappa shape index (κ3) is 5.14. The van der Waals surface area contributed by atoms with Gasteiger partial charge in [-0.25, -0.2) is 9.59 Å². The zero-order chi connectivity index (χ0) is 27.5. The molecule has 0 unspecified atom stereocenters. The number of rotatable bonds is 9. The van der Waals surface area contributed by atoms with Crippen molar-refractivity contribution in [2.24, 2.45) is 0 Å². The van der Waals surface area contributed by atoms with E-state index in [1.807, 2.05) is 84.9 Å². The summed E-state index contributed by atoms with van der Waals surface area (Å²) in [4.78, 5) is 28.1. The second-order valence-electron chi connectivity index (χ2n) is 9.86. The monoisotopic (exact) mass is 532 g/mol. The molecule has 1 aliphatic carbocycles. The molecule has 1 atom stereocenters. The first-order chi connectivity index (χ1) is 19.6. The summed E-state index contributed by atoms with van der Waals surface area (Å²) < 4.78 is 11.5. The lowest BCUT2D eigenvalue weighted by Crippen LogP contribution is -2.42. The number of ether oxygens (including phenoxy) is 2. The molecule has 7 heteroatoms. The highest BCUT2D eigenvalue weighted by Crippen LogP contribution is 2.44. The molecule has 0 fully saturated rings. The molecule has 0 aliphatic heterocycles. The minimum Gasteiger partial charge on any atom is -0.489 e. The number of fused-ring (bicyclic) bond motifs is 4. The summed E-state index contributed by atoms with van der Waals surface area (Å²) in [7, 11) is 0. The molecule has 1 amide bonds. The summed E-state index contributed by atoms with van der Waals surface area (Å²) in [6, 6.07) is 30.5. The van der Waals surface area contributed by atoms with Crippen LogP contribution in [-0.4, -0.2) is 34.8 Å². The largest absolute Gasteiger partial charge is 0.489 e. The molecule has 40 heavy (non-hydrogen) atoms. The van der Waals surface area contributed by atoms with Gasteiger partial charge in [-0.1, -0.05) is 78.9 Å². The number of hydrogen-bond acceptors (Lipinski definition) is 4. The molecule has 5 aromatic rings. The SMILES string of the molecule is O=C(N[C@@H](Cc1c[nH]c2ccc(OCc3ccccc3)cc12)C(=O)O)OCC1c2ccccc2-c2ccccc21. The first-order valence-electron chi connectivity index (χ1n) is 13.2. The average molecular weight is 533 g/mol. The fourth-order valence-corrected chi connectivity index (χ4v) is 5.36. The van der Waals surface area contributed by atoms with E-state index in [-0.39, 0.29) is 18.9 Å². The van der Waals surface area contributed by atoms with E-state index in [0.717, 1.165) is 44.3 Å². The van der Waals surface area contributed by atoms with Crippen LogP contribution in [0, 0.1) is 0 Å². The maximum atomic E-state index is 12.8. The van der Waals surface area contributed by atoms with Crippen LogP contribution in [0.4, 0.5) is 4.79 Å². The van der Waals surface area contributed by atoms with Crippen LogP contribution in [0.15, 0.2) is 103 Å². The number of carboxylic acids is 1. The molecular weight excluding hydrogens is 504 g/mol. The second-order valence-corrected chi connectivity index (χ2v) is 9.86. The van der Waals surface area contributed by atoms with Gasteiger partial charge in [-0.3, -0.25) is 0 Å². The zero-order valence-corrected chi connectivity index (χ0v) is 21.7. The highest BCUT2D eigenvalue weighted by molar-refractivity contribution is 5.87. The molecule has 6 rings (SSSR count). The van der Waals surface area contributed by atoms with Crippen molar-refractivity contribution in [2.45, 2.75) is 25.0 Å². The maximum Gasteiger partial charge on any atom is 0.407 e. The summed E-state index contributed by atoms with van der Waals surface area (Å²) in [5.41, 5.74) is 7.10. The highest BCUT2D eigenvalue weighted by Gasteiger charge is 2.30. The summed E-state index contributed by atoms with van der Waals surface area (Å²) in [5, 5.41) is 13.3. The zero-order valence-electron chi connectivity index (χ0n) is 21.7. The number of carbonyl (C=O) groups excluding carboxylic acids is 1. The first-order valence-corrected chi connectivity index (χ1v) is 13.2. The van der Waals surface area contributed by atoms with Gasteiger partial charge in [-0.05, 0) is 51.6 Å². The first kappa shape index (κ1) is 25.2. The number of amides is 1. The third-order valence-electron chi connectivity index (χ3n) is 7.35. The van der Waals surface area contributed by atoms with Gasteiger partial charge >= 0.3 is 12.1 Å². The molecular formula is C33H28N2O5. The molecule has 200 valence electrons. The molecule has 0 saturated heterocycles. The molecule has 0 bridgehead atoms. The van der Waals surface area contributed by atoms with E-state index < -0.39 is 18.1 Å². The van der Waals surface area contributed by atoms with Gasteiger partial charge in [-0.15, -0.1) is 0 Å². The van der Waals surface area contributed by atoms with Gasteiger partial charge in [0, 0.05) is 29.4 Å². The van der Waals surface area contributed by atoms with Gasteiger partial charge in [0.1, 0.15) is 25.0 Å². The summed E-state index contributed by atoms with van der Waals surface area (Å²) in [6.45, 7) is 0.536. The van der Waals surface area contributed by atoms with Crippen molar-refractivity contribution >= 4 is 23.0 Å². The Morgan fingerprint density at radius 3 is 2.25 bits per heavy atom. The van der Waals surface area contributed by atoms with Crippen molar-refractivity contribution < 1.29 is 24.2 Å². The van der Waals surface area contributed by atoms with E-state index in [0.29, 0.717) is 12.4 Å². The van der Waals surface area contributed by atoms with Crippen LogP contribution >= 0.6 is 0 Å². The van der Waals surface area contributed by atoms with Gasteiger partial charge in [-0.2, -0.15) is 0 Å². The average Bonchev–Trinajstić information content (AvgIpc) is 3.53. The quantitative estimate of drug-likeness (QED) is 0.207. The highest BCUT2D eigenvalue weighted by atomic mass is 16.5. The van der Waals surface area contributed by atoms with E-state index in [2.05, 4.69) is 22.4 Å². The summed E-state index contributed by atoms with van der Waals surface area (Å²) >= 11 is 0. The fourth-order valence-electron chi connectivity index (χ4n) is 5.36. The number of carboxylic acid groups (broad SMARTS) is 1. The van der Waals surface area contributed by atoms with E-state index in [1.165, 1.54) is 0 Å². The summed E-state index contributed by atoms with van der Waals surface area (Å²) in [6.07, 6.45) is 1.09. The van der Waals surface area contributed by atoms with Crippen LogP contribution in [0.3, 0.4) is 0 Å². The number of aromatic nitrogens is 1. The van der Waals surface area contributed by atoms with Crippen molar-refractivity contribution in [3.63, 3.8) is 0 Å². The Kier molecular flexibility index (Phi) is 6.93. The Morgan fingerprint density at radius 1 is 0.875 bits per heavy atom. The van der Waals surface area contributed by atoms with Gasteiger partial charge in [0.15, 0.2) is 0 Å². The van der Waals surface area contributed by atoms with E-state index >= 15 is 0 Å². The Morgan fingerprint density at radius 2 is 1.55 bits per heavy atom. The van der Waals surface area contributed by atoms with Crippen LogP contribution in [-0.2, 0) is 22.6 Å². The lowest BCUT2D eigenvalue weighted by atomic mass is 9.98. The Hall–Kier alpha value is -5.04. The standard InChI is InChI=1S/C33H28N2O5/c36-32(37)31(16-22-18-34-30-15-14-23(17-28(22)30)39-19-21-8-2-1-3-9-21)35-33(38)40-20-29-26-12-6-4-10-24(26)25-11-5-7-13-27(25)29/h1-15,17-18,29,31,34H,16,19-20H2,(H,35,38)(H,36,37)/t31-/m0/s1. The molecule has 1 aliphatic rings. The number of H-pyrrole nitrogens is 1. The van der Waals surface area contributed by atoms with Crippen molar-refractivity contribution in [1.82, 2.24) is 10.3 Å². The molecule has 3 N–H and O–H groups in total. The number of nitrogens with one attached hydrogen (secondary N) is 2. The number of carbonyl (C=O) groups is 2. The Balaban J connectivity index is 1.12. The summed E-state index contributed by atoms with van der Waals surface area (Å²) in [5.74, 6) is -0.572. The normalized spacial score (nSPS) is 12.9. The van der Waals surface area contributed by atoms with Crippen molar-refractivity contribution in [1.29, 1.82) is 0 Å². The lowest BCUT2D eigenvalue weighted by molar-refractivity contribution is -0.139. The van der Waals surface area contributed by atoms with Crippen LogP contribution in [0.25, 0.3) is 22.0 Å². The number of benzene rings is 4.